The van der Waals surface area contributed by atoms with Crippen LogP contribution in [-0.4, -0.2) is 15.8 Å². The Labute approximate surface area is 78.2 Å². The van der Waals surface area contributed by atoms with E-state index in [1.807, 2.05) is 24.7 Å². The minimum Gasteiger partial charge on any atom is -0.308 e. The number of nitrogens with one attached hydrogen (secondary N) is 1. The maximum absolute atomic E-state index is 8.44. The molecular weight excluding hydrogens is 164 g/mol. The highest BCUT2D eigenvalue weighted by molar-refractivity contribution is 4.99. The lowest BCUT2D eigenvalue weighted by Gasteiger charge is -2.09. The summed E-state index contributed by atoms with van der Waals surface area (Å²) in [5.74, 6) is 0. The van der Waals surface area contributed by atoms with Gasteiger partial charge >= 0.3 is 0 Å². The van der Waals surface area contributed by atoms with Crippen molar-refractivity contribution in [3.8, 4) is 6.07 Å². The fourth-order valence-electron chi connectivity index (χ4n) is 1.06. The van der Waals surface area contributed by atoms with Gasteiger partial charge in [-0.3, -0.25) is 4.68 Å². The normalized spacial score (nSPS) is 12.4. The second kappa shape index (κ2) is 4.63. The van der Waals surface area contributed by atoms with E-state index in [0.29, 0.717) is 6.42 Å². The summed E-state index contributed by atoms with van der Waals surface area (Å²) in [6, 6.07) is 4.33. The van der Waals surface area contributed by atoms with Gasteiger partial charge in [0.1, 0.15) is 0 Å². The molecular formula is C9H14N4. The van der Waals surface area contributed by atoms with Gasteiger partial charge in [0.2, 0.25) is 0 Å². The molecule has 4 nitrogen and oxygen atoms in total. The van der Waals surface area contributed by atoms with E-state index in [4.69, 9.17) is 5.26 Å². The van der Waals surface area contributed by atoms with Crippen molar-refractivity contribution in [2.45, 2.75) is 25.9 Å². The first-order valence-electron chi connectivity index (χ1n) is 4.31. The molecule has 0 amide bonds. The van der Waals surface area contributed by atoms with Crippen LogP contribution < -0.4 is 5.32 Å². The van der Waals surface area contributed by atoms with Crippen molar-refractivity contribution in [3.05, 3.63) is 18.0 Å². The molecule has 0 fully saturated rings. The van der Waals surface area contributed by atoms with Crippen LogP contribution in [0, 0.1) is 11.3 Å². The van der Waals surface area contributed by atoms with Gasteiger partial charge < -0.3 is 5.32 Å². The second-order valence-electron chi connectivity index (χ2n) is 3.09. The first-order chi connectivity index (χ1) is 6.24. The zero-order valence-electron chi connectivity index (χ0n) is 7.99. The Hall–Kier alpha value is -1.34. The van der Waals surface area contributed by atoms with Crippen molar-refractivity contribution >= 4 is 0 Å². The quantitative estimate of drug-likeness (QED) is 0.742. The third-order valence-corrected chi connectivity index (χ3v) is 1.95. The predicted molar refractivity (Wildman–Crippen MR) is 49.7 cm³/mol. The number of aryl methyl sites for hydroxylation is 1. The molecule has 0 aliphatic rings. The Morgan fingerprint density at radius 2 is 2.54 bits per heavy atom. The molecule has 70 valence electrons. The van der Waals surface area contributed by atoms with E-state index in [1.54, 1.807) is 6.20 Å². The van der Waals surface area contributed by atoms with Gasteiger partial charge in [-0.1, -0.05) is 0 Å². The molecule has 0 aliphatic heterocycles. The van der Waals surface area contributed by atoms with Gasteiger partial charge in [-0.2, -0.15) is 10.4 Å². The molecule has 0 aromatic carbocycles. The zero-order chi connectivity index (χ0) is 9.68. The van der Waals surface area contributed by atoms with E-state index in [9.17, 15) is 0 Å². The summed E-state index contributed by atoms with van der Waals surface area (Å²) in [5.41, 5.74) is 1.13. The van der Waals surface area contributed by atoms with Crippen LogP contribution in [0.2, 0.25) is 0 Å². The van der Waals surface area contributed by atoms with Gasteiger partial charge in [0.15, 0.2) is 0 Å². The fourth-order valence-corrected chi connectivity index (χ4v) is 1.06. The maximum Gasteiger partial charge on any atom is 0.0638 e. The highest BCUT2D eigenvalue weighted by Gasteiger charge is 2.02. The number of nitriles is 1. The lowest BCUT2D eigenvalue weighted by molar-refractivity contribution is 0.535. The Kier molecular flexibility index (Phi) is 3.47. The molecule has 0 saturated carbocycles. The Morgan fingerprint density at radius 3 is 3.08 bits per heavy atom. The largest absolute Gasteiger partial charge is 0.308 e. The highest BCUT2D eigenvalue weighted by Crippen LogP contribution is 1.97. The number of hydrogen-bond acceptors (Lipinski definition) is 3. The smallest absolute Gasteiger partial charge is 0.0638 e. The van der Waals surface area contributed by atoms with Crippen LogP contribution in [0.15, 0.2) is 12.3 Å². The summed E-state index contributed by atoms with van der Waals surface area (Å²) in [6.07, 6.45) is 2.31. The third-order valence-electron chi connectivity index (χ3n) is 1.95. The standard InChI is InChI=1S/C9H14N4/c1-8(3-5-10)11-7-9-4-6-12-13(9)2/h4,6,8,11H,3,7H2,1-2H3. The van der Waals surface area contributed by atoms with E-state index in [0.717, 1.165) is 12.2 Å². The summed E-state index contributed by atoms with van der Waals surface area (Å²) >= 11 is 0. The maximum atomic E-state index is 8.44. The molecule has 1 unspecified atom stereocenters. The topological polar surface area (TPSA) is 53.6 Å². The average molecular weight is 178 g/mol. The van der Waals surface area contributed by atoms with Crippen LogP contribution in [0.3, 0.4) is 0 Å². The molecule has 0 radical (unpaired) electrons. The Morgan fingerprint density at radius 1 is 1.77 bits per heavy atom. The first-order valence-corrected chi connectivity index (χ1v) is 4.31. The molecule has 13 heavy (non-hydrogen) atoms. The van der Waals surface area contributed by atoms with E-state index in [2.05, 4.69) is 16.5 Å². The van der Waals surface area contributed by atoms with Gasteiger partial charge in [0.25, 0.3) is 0 Å². The number of rotatable bonds is 4. The lowest BCUT2D eigenvalue weighted by Crippen LogP contribution is -2.25. The Balaban J connectivity index is 2.36. The molecule has 1 aromatic heterocycles. The predicted octanol–water partition coefficient (Wildman–Crippen LogP) is 0.812. The van der Waals surface area contributed by atoms with Gasteiger partial charge in [-0.05, 0) is 13.0 Å². The third kappa shape index (κ3) is 2.88. The van der Waals surface area contributed by atoms with Gasteiger partial charge in [0.05, 0.1) is 18.2 Å². The van der Waals surface area contributed by atoms with Crippen molar-refractivity contribution in [1.29, 1.82) is 5.26 Å². The van der Waals surface area contributed by atoms with E-state index >= 15 is 0 Å². The number of aromatic nitrogens is 2. The van der Waals surface area contributed by atoms with E-state index in [1.165, 1.54) is 0 Å². The summed E-state index contributed by atoms with van der Waals surface area (Å²) in [5, 5.41) is 15.7. The van der Waals surface area contributed by atoms with Crippen molar-refractivity contribution in [2.24, 2.45) is 7.05 Å². The lowest BCUT2D eigenvalue weighted by atomic mass is 10.2. The molecule has 1 N–H and O–H groups in total. The summed E-state index contributed by atoms with van der Waals surface area (Å²) < 4.78 is 1.83. The first kappa shape index (κ1) is 9.75. The molecule has 0 saturated heterocycles. The molecule has 1 rings (SSSR count). The summed E-state index contributed by atoms with van der Waals surface area (Å²) in [4.78, 5) is 0. The molecule has 4 heteroatoms. The zero-order valence-corrected chi connectivity index (χ0v) is 7.99. The van der Waals surface area contributed by atoms with Crippen LogP contribution in [-0.2, 0) is 13.6 Å². The highest BCUT2D eigenvalue weighted by atomic mass is 15.3. The fraction of sp³-hybridized carbons (Fsp3) is 0.556. The van der Waals surface area contributed by atoms with Crippen LogP contribution in [0.4, 0.5) is 0 Å². The van der Waals surface area contributed by atoms with Crippen molar-refractivity contribution < 1.29 is 0 Å². The number of hydrogen-bond donors (Lipinski definition) is 1. The molecule has 0 aliphatic carbocycles. The van der Waals surface area contributed by atoms with Gasteiger partial charge in [0, 0.05) is 25.8 Å². The minimum absolute atomic E-state index is 0.236. The average Bonchev–Trinajstić information content (AvgIpc) is 2.48. The van der Waals surface area contributed by atoms with E-state index < -0.39 is 0 Å². The molecule has 1 aromatic rings. The summed E-state index contributed by atoms with van der Waals surface area (Å²) in [7, 11) is 1.91. The van der Waals surface area contributed by atoms with Crippen molar-refractivity contribution in [2.75, 3.05) is 0 Å². The van der Waals surface area contributed by atoms with Gasteiger partial charge in [-0.25, -0.2) is 0 Å². The minimum atomic E-state index is 0.236. The Bertz CT molecular complexity index is 297. The molecule has 0 bridgehead atoms. The van der Waals surface area contributed by atoms with Crippen LogP contribution in [0.25, 0.3) is 0 Å². The van der Waals surface area contributed by atoms with Crippen LogP contribution in [0.5, 0.6) is 0 Å². The SMILES string of the molecule is CC(CC#N)NCc1ccnn1C. The van der Waals surface area contributed by atoms with Gasteiger partial charge in [-0.15, -0.1) is 0 Å². The van der Waals surface area contributed by atoms with E-state index in [-0.39, 0.29) is 6.04 Å². The monoisotopic (exact) mass is 178 g/mol. The second-order valence-corrected chi connectivity index (χ2v) is 3.09. The van der Waals surface area contributed by atoms with Crippen molar-refractivity contribution in [1.82, 2.24) is 15.1 Å². The summed E-state index contributed by atoms with van der Waals surface area (Å²) in [6.45, 7) is 2.76. The molecule has 0 spiro atoms. The van der Waals surface area contributed by atoms with Crippen LogP contribution >= 0.6 is 0 Å². The molecule has 1 atom stereocenters. The molecule has 1 heterocycles. The number of nitrogens with zero attached hydrogens (tertiary/aromatic N) is 3. The van der Waals surface area contributed by atoms with Crippen molar-refractivity contribution in [3.63, 3.8) is 0 Å². The van der Waals surface area contributed by atoms with Crippen LogP contribution in [0.1, 0.15) is 19.0 Å².